The fourth-order valence-electron chi connectivity index (χ4n) is 1.24. The van der Waals surface area contributed by atoms with Crippen molar-refractivity contribution >= 4 is 39.2 Å². The lowest BCUT2D eigenvalue weighted by Gasteiger charge is -2.07. The number of sulfonamides is 1. The normalized spacial score (nSPS) is 11.6. The van der Waals surface area contributed by atoms with Crippen LogP contribution in [0.5, 0.6) is 0 Å². The number of hydrogen-bond donors (Lipinski definition) is 2. The van der Waals surface area contributed by atoms with Crippen molar-refractivity contribution in [1.82, 2.24) is 4.72 Å². The molecular weight excluding hydrogens is 288 g/mol. The van der Waals surface area contributed by atoms with E-state index in [2.05, 4.69) is 4.72 Å². The summed E-state index contributed by atoms with van der Waals surface area (Å²) in [6.07, 6.45) is 1.95. The summed E-state index contributed by atoms with van der Waals surface area (Å²) in [7, 11) is -3.16. The van der Waals surface area contributed by atoms with Crippen LogP contribution in [0.1, 0.15) is 0 Å². The lowest BCUT2D eigenvalue weighted by molar-refractivity contribution is 0.586. The van der Waals surface area contributed by atoms with Gasteiger partial charge in [0.2, 0.25) is 10.0 Å². The summed E-state index contributed by atoms with van der Waals surface area (Å²) in [5, 5.41) is 0. The third kappa shape index (κ3) is 5.99. The molecule has 7 heteroatoms. The fourth-order valence-corrected chi connectivity index (χ4v) is 4.08. The molecule has 1 rings (SSSR count). The minimum absolute atomic E-state index is 0.111. The number of para-hydroxylation sites is 1. The zero-order chi connectivity index (χ0) is 13.4. The van der Waals surface area contributed by atoms with Crippen molar-refractivity contribution in [2.24, 2.45) is 0 Å². The minimum Gasteiger partial charge on any atom is -0.398 e. The molecular formula is C11H18N2O2S3. The maximum absolute atomic E-state index is 11.6. The number of nitrogen functional groups attached to an aromatic ring is 1. The van der Waals surface area contributed by atoms with Crippen molar-refractivity contribution in [3.8, 4) is 0 Å². The highest BCUT2D eigenvalue weighted by Crippen LogP contribution is 2.24. The molecule has 0 heterocycles. The molecule has 0 bridgehead atoms. The monoisotopic (exact) mass is 306 g/mol. The van der Waals surface area contributed by atoms with Gasteiger partial charge in [0.15, 0.2) is 0 Å². The molecule has 0 aliphatic rings. The standard InChI is InChI=1S/C11H18N2O2S3/c1-16-7-6-13-18(14,15)9-8-17-11-5-3-2-4-10(11)12/h2-5,13H,6-9,12H2,1H3. The summed E-state index contributed by atoms with van der Waals surface area (Å²) in [5.74, 6) is 1.40. The Balaban J connectivity index is 2.35. The molecule has 0 aliphatic carbocycles. The zero-order valence-electron chi connectivity index (χ0n) is 10.3. The van der Waals surface area contributed by atoms with E-state index in [1.165, 1.54) is 11.8 Å². The van der Waals surface area contributed by atoms with E-state index >= 15 is 0 Å². The van der Waals surface area contributed by atoms with Crippen molar-refractivity contribution in [3.05, 3.63) is 24.3 Å². The van der Waals surface area contributed by atoms with Crippen LogP contribution < -0.4 is 10.5 Å². The second-order valence-corrected chi connectivity index (χ2v) is 7.64. The first kappa shape index (κ1) is 15.7. The van der Waals surface area contributed by atoms with Gasteiger partial charge in [-0.25, -0.2) is 13.1 Å². The molecule has 0 amide bonds. The highest BCUT2D eigenvalue weighted by molar-refractivity contribution is 8.00. The lowest BCUT2D eigenvalue weighted by atomic mass is 10.3. The van der Waals surface area contributed by atoms with Crippen LogP contribution in [0, 0.1) is 0 Å². The number of anilines is 1. The summed E-state index contributed by atoms with van der Waals surface area (Å²) in [5.41, 5.74) is 6.47. The van der Waals surface area contributed by atoms with E-state index in [1.807, 2.05) is 30.5 Å². The van der Waals surface area contributed by atoms with Gasteiger partial charge >= 0.3 is 0 Å². The Morgan fingerprint density at radius 1 is 1.28 bits per heavy atom. The van der Waals surface area contributed by atoms with Crippen molar-refractivity contribution in [2.75, 3.05) is 35.8 Å². The Bertz CT molecular complexity index is 463. The molecule has 0 aliphatic heterocycles. The van der Waals surface area contributed by atoms with E-state index < -0.39 is 10.0 Å². The van der Waals surface area contributed by atoms with Gasteiger partial charge in [0, 0.05) is 28.6 Å². The predicted octanol–water partition coefficient (Wildman–Crippen LogP) is 1.64. The van der Waals surface area contributed by atoms with E-state index in [4.69, 9.17) is 5.73 Å². The van der Waals surface area contributed by atoms with Crippen LogP contribution in [0.2, 0.25) is 0 Å². The van der Waals surface area contributed by atoms with Gasteiger partial charge < -0.3 is 5.73 Å². The van der Waals surface area contributed by atoms with Gasteiger partial charge in [-0.05, 0) is 18.4 Å². The van der Waals surface area contributed by atoms with E-state index in [1.54, 1.807) is 11.8 Å². The van der Waals surface area contributed by atoms with Crippen molar-refractivity contribution < 1.29 is 8.42 Å². The number of benzene rings is 1. The smallest absolute Gasteiger partial charge is 0.212 e. The van der Waals surface area contributed by atoms with Gasteiger partial charge in [0.25, 0.3) is 0 Å². The van der Waals surface area contributed by atoms with Crippen LogP contribution in [0.3, 0.4) is 0 Å². The van der Waals surface area contributed by atoms with E-state index in [9.17, 15) is 8.42 Å². The average Bonchev–Trinajstić information content (AvgIpc) is 2.32. The first-order valence-corrected chi connectivity index (χ1v) is 9.52. The van der Waals surface area contributed by atoms with Gasteiger partial charge in [-0.1, -0.05) is 12.1 Å². The maximum Gasteiger partial charge on any atom is 0.212 e. The van der Waals surface area contributed by atoms with Crippen LogP contribution in [0.15, 0.2) is 29.2 Å². The Kier molecular flexibility index (Phi) is 6.91. The maximum atomic E-state index is 11.6. The van der Waals surface area contributed by atoms with Crippen LogP contribution in [-0.2, 0) is 10.0 Å². The molecule has 0 saturated carbocycles. The molecule has 0 radical (unpaired) electrons. The summed E-state index contributed by atoms with van der Waals surface area (Å²) in [6, 6.07) is 7.46. The van der Waals surface area contributed by atoms with E-state index in [0.717, 1.165) is 10.6 Å². The molecule has 0 atom stereocenters. The first-order chi connectivity index (χ1) is 8.55. The summed E-state index contributed by atoms with van der Waals surface area (Å²) in [6.45, 7) is 0.488. The SMILES string of the molecule is CSCCNS(=O)(=O)CCSc1ccccc1N. The first-order valence-electron chi connectivity index (χ1n) is 5.49. The van der Waals surface area contributed by atoms with Gasteiger partial charge in [-0.3, -0.25) is 0 Å². The quantitative estimate of drug-likeness (QED) is 0.434. The molecule has 0 aromatic heterocycles. The highest BCUT2D eigenvalue weighted by atomic mass is 32.2. The average molecular weight is 306 g/mol. The third-order valence-electron chi connectivity index (χ3n) is 2.16. The van der Waals surface area contributed by atoms with E-state index in [0.29, 0.717) is 18.0 Å². The molecule has 3 N–H and O–H groups in total. The number of thioether (sulfide) groups is 2. The van der Waals surface area contributed by atoms with Gasteiger partial charge in [-0.2, -0.15) is 11.8 Å². The number of rotatable bonds is 8. The number of hydrogen-bond acceptors (Lipinski definition) is 5. The van der Waals surface area contributed by atoms with Crippen molar-refractivity contribution in [1.29, 1.82) is 0 Å². The van der Waals surface area contributed by atoms with Crippen molar-refractivity contribution in [2.45, 2.75) is 4.90 Å². The fraction of sp³-hybridized carbons (Fsp3) is 0.455. The third-order valence-corrected chi connectivity index (χ3v) is 5.50. The molecule has 1 aromatic rings. The van der Waals surface area contributed by atoms with Gasteiger partial charge in [-0.15, -0.1) is 11.8 Å². The molecule has 0 fully saturated rings. The van der Waals surface area contributed by atoms with Crippen LogP contribution in [0.4, 0.5) is 5.69 Å². The summed E-state index contributed by atoms with van der Waals surface area (Å²) < 4.78 is 25.8. The van der Waals surface area contributed by atoms with Crippen LogP contribution >= 0.6 is 23.5 Å². The largest absolute Gasteiger partial charge is 0.398 e. The van der Waals surface area contributed by atoms with E-state index in [-0.39, 0.29) is 5.75 Å². The summed E-state index contributed by atoms with van der Waals surface area (Å²) >= 11 is 3.08. The van der Waals surface area contributed by atoms with Crippen LogP contribution in [0.25, 0.3) is 0 Å². The lowest BCUT2D eigenvalue weighted by Crippen LogP contribution is -2.29. The Hall–Kier alpha value is -0.370. The summed E-state index contributed by atoms with van der Waals surface area (Å²) in [4.78, 5) is 0.928. The van der Waals surface area contributed by atoms with Crippen LogP contribution in [-0.4, -0.2) is 38.5 Å². The second kappa shape index (κ2) is 7.93. The zero-order valence-corrected chi connectivity index (χ0v) is 12.7. The van der Waals surface area contributed by atoms with Gasteiger partial charge in [0.1, 0.15) is 0 Å². The second-order valence-electron chi connectivity index (χ2n) is 3.59. The Labute approximate surface area is 117 Å². The molecule has 0 saturated heterocycles. The molecule has 4 nitrogen and oxygen atoms in total. The molecule has 0 unspecified atom stereocenters. The minimum atomic E-state index is -3.16. The number of nitrogens with two attached hydrogens (primary N) is 1. The molecule has 1 aromatic carbocycles. The Morgan fingerprint density at radius 2 is 2.00 bits per heavy atom. The topological polar surface area (TPSA) is 72.2 Å². The Morgan fingerprint density at radius 3 is 2.67 bits per heavy atom. The molecule has 0 spiro atoms. The number of nitrogens with one attached hydrogen (secondary N) is 1. The van der Waals surface area contributed by atoms with Crippen molar-refractivity contribution in [3.63, 3.8) is 0 Å². The predicted molar refractivity (Wildman–Crippen MR) is 81.7 cm³/mol. The van der Waals surface area contributed by atoms with Gasteiger partial charge in [0.05, 0.1) is 5.75 Å². The molecule has 18 heavy (non-hydrogen) atoms. The highest BCUT2D eigenvalue weighted by Gasteiger charge is 2.09. The molecule has 102 valence electrons.